The number of thioether (sulfide) groups is 1. The SMILES string of the molecule is CCOc1ccc(C[C@H](NC(=O)c2cccc(O)c2C)[C@H](O)C(=O)N2CSC(C)(C)C2C(=O)NCc2ccccc2C)cc1. The molecule has 0 aromatic heterocycles. The number of aliphatic hydroxyl groups excluding tert-OH is 1. The van der Waals surface area contributed by atoms with Crippen LogP contribution in [0.3, 0.4) is 0 Å². The van der Waals surface area contributed by atoms with E-state index in [1.54, 1.807) is 31.2 Å². The van der Waals surface area contributed by atoms with Gasteiger partial charge in [-0.3, -0.25) is 14.4 Å². The van der Waals surface area contributed by atoms with E-state index >= 15 is 0 Å². The maximum atomic E-state index is 14.0. The second-order valence-corrected chi connectivity index (χ2v) is 13.1. The van der Waals surface area contributed by atoms with Gasteiger partial charge in [-0.1, -0.05) is 42.5 Å². The molecule has 9 nitrogen and oxygen atoms in total. The number of nitrogens with zero attached hydrogens (tertiary/aromatic N) is 1. The predicted molar refractivity (Wildman–Crippen MR) is 172 cm³/mol. The number of aromatic hydroxyl groups is 1. The predicted octanol–water partition coefficient (Wildman–Crippen LogP) is 4.11. The highest BCUT2D eigenvalue weighted by molar-refractivity contribution is 8.00. The second-order valence-electron chi connectivity index (χ2n) is 11.5. The van der Waals surface area contributed by atoms with Crippen LogP contribution in [0.15, 0.2) is 66.7 Å². The fourth-order valence-electron chi connectivity index (χ4n) is 5.34. The number of benzene rings is 3. The molecule has 3 aromatic carbocycles. The molecule has 0 spiro atoms. The van der Waals surface area contributed by atoms with Crippen molar-refractivity contribution in [3.05, 3.63) is 94.5 Å². The number of aryl methyl sites for hydroxylation is 1. The number of hydrogen-bond acceptors (Lipinski definition) is 7. The van der Waals surface area contributed by atoms with Gasteiger partial charge in [0.15, 0.2) is 6.10 Å². The summed E-state index contributed by atoms with van der Waals surface area (Å²) in [4.78, 5) is 42.3. The molecule has 1 heterocycles. The first-order chi connectivity index (χ1) is 20.9. The summed E-state index contributed by atoms with van der Waals surface area (Å²) in [5, 5.41) is 27.5. The summed E-state index contributed by atoms with van der Waals surface area (Å²) >= 11 is 1.45. The second kappa shape index (κ2) is 14.2. The highest BCUT2D eigenvalue weighted by Gasteiger charge is 2.49. The molecule has 3 amide bonds. The van der Waals surface area contributed by atoms with Crippen molar-refractivity contribution in [1.82, 2.24) is 15.5 Å². The molecular weight excluding hydrogens is 578 g/mol. The van der Waals surface area contributed by atoms with Crippen LogP contribution in [0.4, 0.5) is 0 Å². The Balaban J connectivity index is 1.57. The molecule has 234 valence electrons. The van der Waals surface area contributed by atoms with Gasteiger partial charge in [0.2, 0.25) is 5.91 Å². The normalized spacial score (nSPS) is 17.0. The maximum absolute atomic E-state index is 14.0. The standard InChI is InChI=1S/C34H41N3O6S/c1-6-43-25-16-14-23(15-17-25)18-27(36-31(40)26-12-9-13-28(38)22(26)3)29(39)33(42)37-20-44-34(4,5)30(37)32(41)35-19-24-11-8-7-10-21(24)2/h7-17,27,29-30,38-39H,6,18-20H2,1-5H3,(H,35,41)(H,36,40)/t27-,29-,30?/m0/s1. The number of carbonyl (C=O) groups is 3. The van der Waals surface area contributed by atoms with Crippen LogP contribution in [0.2, 0.25) is 0 Å². The summed E-state index contributed by atoms with van der Waals surface area (Å²) in [7, 11) is 0. The molecule has 4 rings (SSSR count). The molecule has 1 aliphatic rings. The number of nitrogens with one attached hydrogen (secondary N) is 2. The number of phenols is 1. The van der Waals surface area contributed by atoms with Crippen LogP contribution in [0, 0.1) is 13.8 Å². The van der Waals surface area contributed by atoms with E-state index < -0.39 is 34.7 Å². The Kier molecular flexibility index (Phi) is 10.6. The first-order valence-electron chi connectivity index (χ1n) is 14.7. The van der Waals surface area contributed by atoms with Crippen molar-refractivity contribution in [1.29, 1.82) is 0 Å². The summed E-state index contributed by atoms with van der Waals surface area (Å²) in [6.45, 7) is 10.1. The van der Waals surface area contributed by atoms with Crippen molar-refractivity contribution in [2.24, 2.45) is 0 Å². The monoisotopic (exact) mass is 619 g/mol. The topological polar surface area (TPSA) is 128 Å². The van der Waals surface area contributed by atoms with Crippen LogP contribution >= 0.6 is 11.8 Å². The zero-order chi connectivity index (χ0) is 32.0. The van der Waals surface area contributed by atoms with Gasteiger partial charge in [-0.05, 0) is 82.0 Å². The van der Waals surface area contributed by atoms with E-state index in [2.05, 4.69) is 10.6 Å². The third-order valence-corrected chi connectivity index (χ3v) is 9.36. The van der Waals surface area contributed by atoms with E-state index in [0.717, 1.165) is 16.7 Å². The Morgan fingerprint density at radius 1 is 1.05 bits per heavy atom. The zero-order valence-electron chi connectivity index (χ0n) is 25.8. The number of rotatable bonds is 11. The molecule has 44 heavy (non-hydrogen) atoms. The van der Waals surface area contributed by atoms with E-state index in [1.165, 1.54) is 22.7 Å². The summed E-state index contributed by atoms with van der Waals surface area (Å²) in [5.41, 5.74) is 3.40. The van der Waals surface area contributed by atoms with Gasteiger partial charge in [-0.2, -0.15) is 0 Å². The van der Waals surface area contributed by atoms with E-state index in [9.17, 15) is 24.6 Å². The van der Waals surface area contributed by atoms with Crippen LogP contribution in [0.5, 0.6) is 11.5 Å². The fourth-order valence-corrected chi connectivity index (χ4v) is 6.48. The quantitative estimate of drug-likeness (QED) is 0.254. The minimum Gasteiger partial charge on any atom is -0.508 e. The van der Waals surface area contributed by atoms with Gasteiger partial charge in [0, 0.05) is 22.4 Å². The lowest BCUT2D eigenvalue weighted by molar-refractivity contribution is -0.147. The van der Waals surface area contributed by atoms with Crippen LogP contribution in [0.1, 0.15) is 53.4 Å². The summed E-state index contributed by atoms with van der Waals surface area (Å²) in [6, 6.07) is 17.7. The van der Waals surface area contributed by atoms with Gasteiger partial charge in [0.1, 0.15) is 17.5 Å². The third-order valence-electron chi connectivity index (χ3n) is 7.98. The lowest BCUT2D eigenvalue weighted by Gasteiger charge is -2.33. The van der Waals surface area contributed by atoms with Crippen LogP contribution in [-0.4, -0.2) is 68.3 Å². The molecule has 4 N–H and O–H groups in total. The number of amides is 3. The molecule has 1 fully saturated rings. The average Bonchev–Trinajstić information content (AvgIpc) is 3.32. The van der Waals surface area contributed by atoms with Crippen LogP contribution < -0.4 is 15.4 Å². The Bertz CT molecular complexity index is 1490. The van der Waals surface area contributed by atoms with Gasteiger partial charge >= 0.3 is 0 Å². The molecule has 0 aliphatic carbocycles. The molecule has 0 saturated carbocycles. The molecule has 10 heteroatoms. The van der Waals surface area contributed by atoms with Gasteiger partial charge in [-0.25, -0.2) is 0 Å². The number of carbonyl (C=O) groups excluding carboxylic acids is 3. The summed E-state index contributed by atoms with van der Waals surface area (Å²) in [6.07, 6.45) is -1.51. The number of phenolic OH excluding ortho intramolecular Hbond substituents is 1. The molecular formula is C34H41N3O6S. The van der Waals surface area contributed by atoms with Gasteiger partial charge in [0.25, 0.3) is 11.8 Å². The fraction of sp³-hybridized carbons (Fsp3) is 0.382. The smallest absolute Gasteiger partial charge is 0.254 e. The Labute approximate surface area is 263 Å². The zero-order valence-corrected chi connectivity index (χ0v) is 26.6. The number of ether oxygens (including phenoxy) is 1. The van der Waals surface area contributed by atoms with Crippen molar-refractivity contribution in [2.45, 2.75) is 70.5 Å². The first-order valence-corrected chi connectivity index (χ1v) is 15.7. The average molecular weight is 620 g/mol. The van der Waals surface area contributed by atoms with Crippen molar-refractivity contribution in [2.75, 3.05) is 12.5 Å². The van der Waals surface area contributed by atoms with Gasteiger partial charge in [0.05, 0.1) is 18.5 Å². The minimum absolute atomic E-state index is 0.0341. The van der Waals surface area contributed by atoms with Crippen molar-refractivity contribution in [3.8, 4) is 11.5 Å². The van der Waals surface area contributed by atoms with E-state index in [-0.39, 0.29) is 29.5 Å². The molecule has 0 radical (unpaired) electrons. The molecule has 1 aliphatic heterocycles. The Morgan fingerprint density at radius 3 is 2.43 bits per heavy atom. The van der Waals surface area contributed by atoms with Crippen LogP contribution in [-0.2, 0) is 22.6 Å². The maximum Gasteiger partial charge on any atom is 0.254 e. The molecule has 1 unspecified atom stereocenters. The number of hydrogen-bond donors (Lipinski definition) is 4. The highest BCUT2D eigenvalue weighted by atomic mass is 32.2. The molecule has 3 aromatic rings. The van der Waals surface area contributed by atoms with E-state index in [0.29, 0.717) is 24.5 Å². The lowest BCUT2D eigenvalue weighted by Crippen LogP contribution is -2.58. The van der Waals surface area contributed by atoms with Gasteiger partial charge < -0.3 is 30.5 Å². The van der Waals surface area contributed by atoms with Gasteiger partial charge in [-0.15, -0.1) is 11.8 Å². The van der Waals surface area contributed by atoms with Crippen molar-refractivity contribution < 1.29 is 29.3 Å². The van der Waals surface area contributed by atoms with Crippen molar-refractivity contribution >= 4 is 29.5 Å². The summed E-state index contributed by atoms with van der Waals surface area (Å²) < 4.78 is 4.92. The van der Waals surface area contributed by atoms with Crippen molar-refractivity contribution in [3.63, 3.8) is 0 Å². The third kappa shape index (κ3) is 7.54. The van der Waals surface area contributed by atoms with E-state index in [4.69, 9.17) is 4.74 Å². The number of aliphatic hydroxyl groups is 1. The summed E-state index contributed by atoms with van der Waals surface area (Å²) in [5.74, 6) is -0.646. The largest absolute Gasteiger partial charge is 0.508 e. The first kappa shape index (κ1) is 32.9. The molecule has 1 saturated heterocycles. The molecule has 0 bridgehead atoms. The lowest BCUT2D eigenvalue weighted by atomic mass is 9.96. The Morgan fingerprint density at radius 2 is 1.75 bits per heavy atom. The Hall–Kier alpha value is -4.02. The molecule has 3 atom stereocenters. The minimum atomic E-state index is -1.65. The van der Waals surface area contributed by atoms with Crippen LogP contribution in [0.25, 0.3) is 0 Å². The highest BCUT2D eigenvalue weighted by Crippen LogP contribution is 2.40. The van der Waals surface area contributed by atoms with E-state index in [1.807, 2.05) is 64.1 Å².